The fourth-order valence-corrected chi connectivity index (χ4v) is 4.29. The van der Waals surface area contributed by atoms with Gasteiger partial charge in [-0.2, -0.15) is 11.8 Å². The van der Waals surface area contributed by atoms with Crippen LogP contribution in [0, 0.1) is 0 Å². The first-order valence-corrected chi connectivity index (χ1v) is 9.25. The van der Waals surface area contributed by atoms with Crippen LogP contribution in [0.4, 0.5) is 0 Å². The number of hydrogen-bond donors (Lipinski definition) is 1. The highest BCUT2D eigenvalue weighted by Crippen LogP contribution is 2.38. The Labute approximate surface area is 134 Å². The smallest absolute Gasteiger partial charge is 0.0451 e. The van der Waals surface area contributed by atoms with Crippen LogP contribution < -0.4 is 5.32 Å². The summed E-state index contributed by atoms with van der Waals surface area (Å²) in [6.07, 6.45) is 9.08. The molecule has 0 amide bonds. The molecule has 1 aromatic carbocycles. The Morgan fingerprint density at radius 1 is 1.32 bits per heavy atom. The molecule has 0 radical (unpaired) electrons. The average Bonchev–Trinajstić information content (AvgIpc) is 2.44. The van der Waals surface area contributed by atoms with Crippen molar-refractivity contribution in [3.63, 3.8) is 0 Å². The van der Waals surface area contributed by atoms with Gasteiger partial charge in [0, 0.05) is 27.3 Å². The van der Waals surface area contributed by atoms with Crippen molar-refractivity contribution < 1.29 is 0 Å². The van der Waals surface area contributed by atoms with Gasteiger partial charge in [0.05, 0.1) is 0 Å². The van der Waals surface area contributed by atoms with E-state index in [2.05, 4.69) is 33.6 Å². The lowest BCUT2D eigenvalue weighted by atomic mass is 9.88. The third-order valence-corrected chi connectivity index (χ3v) is 6.25. The molecule has 106 valence electrons. The van der Waals surface area contributed by atoms with Gasteiger partial charge in [-0.25, -0.2) is 0 Å². The van der Waals surface area contributed by atoms with Crippen molar-refractivity contribution in [3.8, 4) is 0 Å². The molecule has 1 saturated carbocycles. The lowest BCUT2D eigenvalue weighted by Crippen LogP contribution is -2.39. The van der Waals surface area contributed by atoms with Crippen LogP contribution in [0.15, 0.2) is 22.7 Å². The van der Waals surface area contributed by atoms with Crippen molar-refractivity contribution in [2.75, 3.05) is 12.8 Å². The molecule has 0 aromatic heterocycles. The van der Waals surface area contributed by atoms with Gasteiger partial charge in [-0.15, -0.1) is 0 Å². The topological polar surface area (TPSA) is 12.0 Å². The van der Waals surface area contributed by atoms with Crippen molar-refractivity contribution in [2.45, 2.75) is 43.4 Å². The molecule has 0 atom stereocenters. The van der Waals surface area contributed by atoms with Crippen LogP contribution in [0.1, 0.15) is 37.7 Å². The minimum atomic E-state index is 0.441. The van der Waals surface area contributed by atoms with Crippen LogP contribution >= 0.6 is 39.3 Å². The van der Waals surface area contributed by atoms with Gasteiger partial charge in [0.15, 0.2) is 0 Å². The van der Waals surface area contributed by atoms with Crippen LogP contribution in [0.3, 0.4) is 0 Å². The summed E-state index contributed by atoms with van der Waals surface area (Å²) < 4.78 is 1.53. The van der Waals surface area contributed by atoms with Crippen LogP contribution in [0.25, 0.3) is 0 Å². The van der Waals surface area contributed by atoms with E-state index in [0.29, 0.717) is 4.75 Å². The van der Waals surface area contributed by atoms with E-state index in [1.165, 1.54) is 37.7 Å². The van der Waals surface area contributed by atoms with Crippen LogP contribution in [0.5, 0.6) is 0 Å². The van der Waals surface area contributed by atoms with Crippen LogP contribution in [-0.2, 0) is 6.54 Å². The minimum absolute atomic E-state index is 0.441. The zero-order valence-electron chi connectivity index (χ0n) is 11.3. The fraction of sp³-hybridized carbons (Fsp3) is 0.600. The monoisotopic (exact) mass is 361 g/mol. The highest BCUT2D eigenvalue weighted by molar-refractivity contribution is 9.10. The molecule has 0 spiro atoms. The van der Waals surface area contributed by atoms with E-state index in [4.69, 9.17) is 11.6 Å². The van der Waals surface area contributed by atoms with Crippen molar-refractivity contribution in [1.82, 2.24) is 5.32 Å². The first kappa shape index (κ1) is 15.7. The van der Waals surface area contributed by atoms with E-state index >= 15 is 0 Å². The minimum Gasteiger partial charge on any atom is -0.311 e. The highest BCUT2D eigenvalue weighted by Gasteiger charge is 2.30. The van der Waals surface area contributed by atoms with Crippen molar-refractivity contribution in [3.05, 3.63) is 33.3 Å². The van der Waals surface area contributed by atoms with Gasteiger partial charge in [-0.3, -0.25) is 0 Å². The quantitative estimate of drug-likeness (QED) is 0.767. The zero-order chi connectivity index (χ0) is 13.7. The maximum absolute atomic E-state index is 6.22. The Morgan fingerprint density at radius 3 is 2.74 bits per heavy atom. The molecule has 1 nitrogen and oxygen atoms in total. The summed E-state index contributed by atoms with van der Waals surface area (Å²) in [5, 5.41) is 4.45. The average molecular weight is 363 g/mol. The molecule has 1 N–H and O–H groups in total. The van der Waals surface area contributed by atoms with E-state index in [1.54, 1.807) is 0 Å². The van der Waals surface area contributed by atoms with E-state index in [-0.39, 0.29) is 0 Å². The van der Waals surface area contributed by atoms with Crippen LogP contribution in [-0.4, -0.2) is 17.5 Å². The second kappa shape index (κ2) is 7.35. The SMILES string of the molecule is CSC1(CNCc2cc(Br)ccc2Cl)CCCCC1. The molecule has 19 heavy (non-hydrogen) atoms. The largest absolute Gasteiger partial charge is 0.311 e. The Balaban J connectivity index is 1.90. The summed E-state index contributed by atoms with van der Waals surface area (Å²) in [5.74, 6) is 0. The summed E-state index contributed by atoms with van der Waals surface area (Å²) >= 11 is 11.7. The number of nitrogens with one attached hydrogen (secondary N) is 1. The molecular formula is C15H21BrClNS. The number of hydrogen-bond acceptors (Lipinski definition) is 2. The standard InChI is InChI=1S/C15H21BrClNS/c1-19-15(7-3-2-4-8-15)11-18-10-12-9-13(16)5-6-14(12)17/h5-6,9,18H,2-4,7-8,10-11H2,1H3. The van der Waals surface area contributed by atoms with Crippen molar-refractivity contribution in [1.29, 1.82) is 0 Å². The van der Waals surface area contributed by atoms with Gasteiger partial charge in [0.25, 0.3) is 0 Å². The summed E-state index contributed by atoms with van der Waals surface area (Å²) in [5.41, 5.74) is 1.17. The summed E-state index contributed by atoms with van der Waals surface area (Å²) in [6.45, 7) is 1.93. The number of rotatable bonds is 5. The lowest BCUT2D eigenvalue weighted by Gasteiger charge is -2.36. The molecule has 0 heterocycles. The maximum Gasteiger partial charge on any atom is 0.0451 e. The zero-order valence-corrected chi connectivity index (χ0v) is 14.5. The third kappa shape index (κ3) is 4.38. The first-order chi connectivity index (χ1) is 9.15. The maximum atomic E-state index is 6.22. The second-order valence-electron chi connectivity index (χ2n) is 5.29. The van der Waals surface area contributed by atoms with Gasteiger partial charge in [-0.1, -0.05) is 46.8 Å². The molecule has 0 bridgehead atoms. The third-order valence-electron chi connectivity index (χ3n) is 3.97. The number of thioether (sulfide) groups is 1. The van der Waals surface area contributed by atoms with Gasteiger partial charge in [0.1, 0.15) is 0 Å². The predicted molar refractivity (Wildman–Crippen MR) is 90.2 cm³/mol. The summed E-state index contributed by atoms with van der Waals surface area (Å²) in [4.78, 5) is 0. The highest BCUT2D eigenvalue weighted by atomic mass is 79.9. The fourth-order valence-electron chi connectivity index (χ4n) is 2.75. The van der Waals surface area contributed by atoms with Crippen molar-refractivity contribution in [2.24, 2.45) is 0 Å². The Morgan fingerprint density at radius 2 is 2.05 bits per heavy atom. The number of halogens is 2. The molecule has 4 heteroatoms. The van der Waals surface area contributed by atoms with Gasteiger partial charge < -0.3 is 5.32 Å². The summed E-state index contributed by atoms with van der Waals surface area (Å²) in [6, 6.07) is 6.03. The number of benzene rings is 1. The molecule has 0 aliphatic heterocycles. The molecule has 1 aliphatic rings. The van der Waals surface area contributed by atoms with E-state index in [0.717, 1.165) is 22.6 Å². The molecule has 1 aliphatic carbocycles. The molecular weight excluding hydrogens is 342 g/mol. The van der Waals surface area contributed by atoms with Crippen molar-refractivity contribution >= 4 is 39.3 Å². The Kier molecular flexibility index (Phi) is 6.07. The Bertz CT molecular complexity index is 419. The van der Waals surface area contributed by atoms with Gasteiger partial charge >= 0.3 is 0 Å². The van der Waals surface area contributed by atoms with E-state index in [9.17, 15) is 0 Å². The molecule has 2 rings (SSSR count). The van der Waals surface area contributed by atoms with Gasteiger partial charge in [-0.05, 0) is 42.9 Å². The Hall–Kier alpha value is 0.300. The predicted octanol–water partition coefficient (Wildman–Crippen LogP) is 5.26. The molecule has 1 aromatic rings. The first-order valence-electron chi connectivity index (χ1n) is 6.85. The lowest BCUT2D eigenvalue weighted by molar-refractivity contribution is 0.379. The second-order valence-corrected chi connectivity index (χ2v) is 7.88. The van der Waals surface area contributed by atoms with E-state index in [1.807, 2.05) is 23.9 Å². The van der Waals surface area contributed by atoms with Crippen LogP contribution in [0.2, 0.25) is 5.02 Å². The van der Waals surface area contributed by atoms with Gasteiger partial charge in [0.2, 0.25) is 0 Å². The summed E-state index contributed by atoms with van der Waals surface area (Å²) in [7, 11) is 0. The molecule has 0 saturated heterocycles. The molecule has 0 unspecified atom stereocenters. The normalized spacial score (nSPS) is 18.5. The van der Waals surface area contributed by atoms with E-state index < -0.39 is 0 Å². The molecule has 1 fully saturated rings.